The number of carbonyl (C=O) groups is 1. The van der Waals surface area contributed by atoms with Crippen molar-refractivity contribution in [3.8, 4) is 0 Å². The molecule has 2 rings (SSSR count). The Kier molecular flexibility index (Phi) is 10.9. The number of halogens is 1. The third kappa shape index (κ3) is 7.68. The minimum absolute atomic E-state index is 0.0759. The fourth-order valence-corrected chi connectivity index (χ4v) is 5.97. The van der Waals surface area contributed by atoms with Crippen molar-refractivity contribution in [1.82, 2.24) is 0 Å². The molecule has 0 bridgehead atoms. The highest BCUT2D eigenvalue weighted by Gasteiger charge is 2.40. The van der Waals surface area contributed by atoms with Gasteiger partial charge in [-0.1, -0.05) is 58.3 Å². The van der Waals surface area contributed by atoms with Crippen LogP contribution in [0, 0.1) is 11.8 Å². The van der Waals surface area contributed by atoms with Gasteiger partial charge in [-0.25, -0.2) is 4.79 Å². The van der Waals surface area contributed by atoms with E-state index in [1.807, 2.05) is 6.07 Å². The van der Waals surface area contributed by atoms with E-state index in [9.17, 15) is 9.90 Å². The van der Waals surface area contributed by atoms with Crippen LogP contribution >= 0.6 is 22.9 Å². The monoisotopic (exact) mass is 428 g/mol. The van der Waals surface area contributed by atoms with Crippen molar-refractivity contribution in [2.45, 2.75) is 102 Å². The second-order valence-corrected chi connectivity index (χ2v) is 10.1. The van der Waals surface area contributed by atoms with Gasteiger partial charge in [-0.2, -0.15) is 0 Å². The summed E-state index contributed by atoms with van der Waals surface area (Å²) in [5, 5.41) is 19.6. The second kappa shape index (κ2) is 12.9. The smallest absolute Gasteiger partial charge is 0.345 e. The van der Waals surface area contributed by atoms with Crippen LogP contribution in [0.15, 0.2) is 12.1 Å². The number of aliphatic hydroxyl groups is 1. The van der Waals surface area contributed by atoms with Crippen molar-refractivity contribution in [3.63, 3.8) is 0 Å². The summed E-state index contributed by atoms with van der Waals surface area (Å²) in [6.07, 6.45) is 15.0. The van der Waals surface area contributed by atoms with Crippen LogP contribution in [0.4, 0.5) is 0 Å². The third-order valence-electron chi connectivity index (χ3n) is 6.20. The number of alkyl halides is 1. The molecule has 0 aromatic carbocycles. The summed E-state index contributed by atoms with van der Waals surface area (Å²) in [5.41, 5.74) is 0. The molecule has 1 aliphatic rings. The number of carboxylic acids is 1. The normalized spacial score (nSPS) is 24.7. The first-order chi connectivity index (χ1) is 13.5. The van der Waals surface area contributed by atoms with Gasteiger partial charge >= 0.3 is 5.97 Å². The molecule has 5 heteroatoms. The number of aromatic carboxylic acids is 1. The Bertz CT molecular complexity index is 574. The summed E-state index contributed by atoms with van der Waals surface area (Å²) in [4.78, 5) is 12.5. The van der Waals surface area contributed by atoms with Crippen LogP contribution in [-0.4, -0.2) is 27.7 Å². The molecule has 0 amide bonds. The van der Waals surface area contributed by atoms with Gasteiger partial charge in [-0.3, -0.25) is 0 Å². The van der Waals surface area contributed by atoms with E-state index in [2.05, 4.69) is 6.92 Å². The van der Waals surface area contributed by atoms with Gasteiger partial charge in [0.05, 0.1) is 6.10 Å². The molecule has 0 spiro atoms. The lowest BCUT2D eigenvalue weighted by Gasteiger charge is -2.23. The Morgan fingerprint density at radius 2 is 1.68 bits per heavy atom. The van der Waals surface area contributed by atoms with Gasteiger partial charge in [0.15, 0.2) is 0 Å². The lowest BCUT2D eigenvalue weighted by Crippen LogP contribution is -2.21. The van der Waals surface area contributed by atoms with E-state index < -0.39 is 5.97 Å². The van der Waals surface area contributed by atoms with E-state index in [0.29, 0.717) is 16.7 Å². The predicted octanol–water partition coefficient (Wildman–Crippen LogP) is 6.90. The Morgan fingerprint density at radius 1 is 1.04 bits per heavy atom. The minimum Gasteiger partial charge on any atom is -0.477 e. The number of aliphatic hydroxyl groups excluding tert-OH is 1. The van der Waals surface area contributed by atoms with Crippen LogP contribution in [0.3, 0.4) is 0 Å². The molecule has 3 nitrogen and oxygen atoms in total. The summed E-state index contributed by atoms with van der Waals surface area (Å²) in [6.45, 7) is 2.25. The van der Waals surface area contributed by atoms with Crippen LogP contribution in [0.1, 0.15) is 98.5 Å². The predicted molar refractivity (Wildman–Crippen MR) is 119 cm³/mol. The van der Waals surface area contributed by atoms with E-state index in [-0.39, 0.29) is 11.5 Å². The summed E-state index contributed by atoms with van der Waals surface area (Å²) in [7, 11) is 0. The number of unbranched alkanes of at least 4 members (excludes halogenated alkanes) is 7. The third-order valence-corrected chi connectivity index (χ3v) is 7.83. The largest absolute Gasteiger partial charge is 0.477 e. The quantitative estimate of drug-likeness (QED) is 0.250. The molecule has 160 valence electrons. The van der Waals surface area contributed by atoms with Crippen molar-refractivity contribution in [2.75, 3.05) is 0 Å². The number of rotatable bonds is 14. The Hall–Kier alpha value is -0.580. The van der Waals surface area contributed by atoms with Crippen molar-refractivity contribution in [3.05, 3.63) is 21.9 Å². The lowest BCUT2D eigenvalue weighted by molar-refractivity contribution is 0.0702. The SMILES string of the molecule is CCCCCCCCCCC1[C@@H](CCCc2ccc(C(=O)O)s2)C(Cl)C[C@H]1O. The number of aryl methyl sites for hydroxylation is 1. The molecule has 0 saturated heterocycles. The van der Waals surface area contributed by atoms with Gasteiger partial charge in [-0.15, -0.1) is 22.9 Å². The van der Waals surface area contributed by atoms with Crippen LogP contribution < -0.4 is 0 Å². The number of carboxylic acid groups (broad SMARTS) is 1. The summed E-state index contributed by atoms with van der Waals surface area (Å²) >= 11 is 7.94. The van der Waals surface area contributed by atoms with Crippen molar-refractivity contribution >= 4 is 28.9 Å². The fourth-order valence-electron chi connectivity index (χ4n) is 4.59. The Balaban J connectivity index is 1.68. The molecule has 1 aliphatic carbocycles. The molecule has 2 unspecified atom stereocenters. The second-order valence-electron chi connectivity index (χ2n) is 8.37. The minimum atomic E-state index is -0.846. The molecule has 0 aliphatic heterocycles. The molecule has 0 radical (unpaired) electrons. The van der Waals surface area contributed by atoms with E-state index >= 15 is 0 Å². The topological polar surface area (TPSA) is 57.5 Å². The maximum atomic E-state index is 11.0. The molecular formula is C23H37ClO3S. The first-order valence-corrected chi connectivity index (χ1v) is 12.4. The maximum Gasteiger partial charge on any atom is 0.345 e. The van der Waals surface area contributed by atoms with Gasteiger partial charge in [0.25, 0.3) is 0 Å². The van der Waals surface area contributed by atoms with Gasteiger partial charge in [0, 0.05) is 10.3 Å². The number of hydrogen-bond acceptors (Lipinski definition) is 3. The van der Waals surface area contributed by atoms with Gasteiger partial charge in [0.1, 0.15) is 4.88 Å². The molecule has 1 aromatic rings. The van der Waals surface area contributed by atoms with Gasteiger partial charge in [0.2, 0.25) is 0 Å². The fraction of sp³-hybridized carbons (Fsp3) is 0.783. The van der Waals surface area contributed by atoms with Crippen LogP contribution in [0.2, 0.25) is 0 Å². The Morgan fingerprint density at radius 3 is 2.32 bits per heavy atom. The highest BCUT2D eigenvalue weighted by atomic mass is 35.5. The first kappa shape index (κ1) is 23.7. The standard InChI is InChI=1S/C23H37ClO3S/c1-2-3-4-5-6-7-8-9-12-19-18(20(24)16-21(19)25)13-10-11-17-14-15-22(28-17)23(26)27/h14-15,18-21,25H,2-13,16H2,1H3,(H,26,27)/t18-,19?,20?,21-/m1/s1. The molecule has 1 saturated carbocycles. The molecule has 2 N–H and O–H groups in total. The first-order valence-electron chi connectivity index (χ1n) is 11.2. The summed E-state index contributed by atoms with van der Waals surface area (Å²) < 4.78 is 0. The maximum absolute atomic E-state index is 11.0. The molecule has 1 heterocycles. The summed E-state index contributed by atoms with van der Waals surface area (Å²) in [6, 6.07) is 3.62. The highest BCUT2D eigenvalue weighted by Crippen LogP contribution is 2.42. The van der Waals surface area contributed by atoms with Gasteiger partial charge in [-0.05, 0) is 56.1 Å². The van der Waals surface area contributed by atoms with E-state index in [0.717, 1.165) is 37.0 Å². The Labute approximate surface area is 179 Å². The average Bonchev–Trinajstić information content (AvgIpc) is 3.23. The molecular weight excluding hydrogens is 392 g/mol. The molecule has 1 aromatic heterocycles. The highest BCUT2D eigenvalue weighted by molar-refractivity contribution is 7.13. The van der Waals surface area contributed by atoms with Crippen molar-refractivity contribution in [2.24, 2.45) is 11.8 Å². The summed E-state index contributed by atoms with van der Waals surface area (Å²) in [5.74, 6) is -0.123. The molecule has 28 heavy (non-hydrogen) atoms. The van der Waals surface area contributed by atoms with E-state index in [1.54, 1.807) is 6.07 Å². The lowest BCUT2D eigenvalue weighted by atomic mass is 9.85. The van der Waals surface area contributed by atoms with Gasteiger partial charge < -0.3 is 10.2 Å². The van der Waals surface area contributed by atoms with Crippen molar-refractivity contribution < 1.29 is 15.0 Å². The molecule has 4 atom stereocenters. The zero-order valence-corrected chi connectivity index (χ0v) is 18.8. The van der Waals surface area contributed by atoms with E-state index in [4.69, 9.17) is 16.7 Å². The zero-order chi connectivity index (χ0) is 20.4. The number of thiophene rings is 1. The van der Waals surface area contributed by atoms with Crippen LogP contribution in [0.25, 0.3) is 0 Å². The van der Waals surface area contributed by atoms with Crippen molar-refractivity contribution in [1.29, 1.82) is 0 Å². The average molecular weight is 429 g/mol. The zero-order valence-electron chi connectivity index (χ0n) is 17.2. The van der Waals surface area contributed by atoms with E-state index in [1.165, 1.54) is 62.7 Å². The number of hydrogen-bond donors (Lipinski definition) is 2. The van der Waals surface area contributed by atoms with Crippen LogP contribution in [0.5, 0.6) is 0 Å². The molecule has 1 fully saturated rings. The van der Waals surface area contributed by atoms with Crippen LogP contribution in [-0.2, 0) is 6.42 Å².